The molecular formula is C18H29N5O. The van der Waals surface area contributed by atoms with Crippen molar-refractivity contribution in [3.8, 4) is 0 Å². The molecule has 1 aromatic heterocycles. The van der Waals surface area contributed by atoms with Crippen LogP contribution in [-0.2, 0) is 0 Å². The summed E-state index contributed by atoms with van der Waals surface area (Å²) >= 11 is 0. The number of allylic oxidation sites excluding steroid dienone is 1. The molecule has 24 heavy (non-hydrogen) atoms. The largest absolute Gasteiger partial charge is 0.348 e. The van der Waals surface area contributed by atoms with Gasteiger partial charge < -0.3 is 5.32 Å². The maximum absolute atomic E-state index is 12.3. The maximum Gasteiger partial charge on any atom is 0.273 e. The highest BCUT2D eigenvalue weighted by Gasteiger charge is 2.24. The number of hydrogen-bond donors (Lipinski definition) is 1. The van der Waals surface area contributed by atoms with E-state index in [2.05, 4.69) is 40.5 Å². The Labute approximate surface area is 144 Å². The smallest absolute Gasteiger partial charge is 0.273 e. The number of carbonyl (C=O) groups is 1. The summed E-state index contributed by atoms with van der Waals surface area (Å²) in [6, 6.07) is 0.626. The van der Waals surface area contributed by atoms with E-state index >= 15 is 0 Å². The molecule has 1 amide bonds. The molecule has 0 bridgehead atoms. The predicted octanol–water partition coefficient (Wildman–Crippen LogP) is 2.55. The van der Waals surface area contributed by atoms with Crippen molar-refractivity contribution < 1.29 is 4.79 Å². The predicted molar refractivity (Wildman–Crippen MR) is 93.9 cm³/mol. The van der Waals surface area contributed by atoms with Crippen LogP contribution in [0.4, 0.5) is 0 Å². The zero-order valence-electron chi connectivity index (χ0n) is 14.9. The minimum atomic E-state index is -0.0782. The van der Waals surface area contributed by atoms with Gasteiger partial charge >= 0.3 is 0 Å². The van der Waals surface area contributed by atoms with Crippen LogP contribution in [0.25, 0.3) is 0 Å². The zero-order valence-corrected chi connectivity index (χ0v) is 14.9. The first-order valence-corrected chi connectivity index (χ1v) is 9.22. The second kappa shape index (κ2) is 7.92. The van der Waals surface area contributed by atoms with Crippen molar-refractivity contribution in [2.24, 2.45) is 0 Å². The van der Waals surface area contributed by atoms with Crippen LogP contribution >= 0.6 is 0 Å². The fraction of sp³-hybridized carbons (Fsp3) is 0.722. The molecule has 3 rings (SSSR count). The maximum atomic E-state index is 12.3. The number of rotatable bonds is 5. The Kier molecular flexibility index (Phi) is 5.66. The lowest BCUT2D eigenvalue weighted by Gasteiger charge is -2.32. The number of aromatic nitrogens is 3. The molecule has 0 spiro atoms. The van der Waals surface area contributed by atoms with Crippen molar-refractivity contribution in [3.05, 3.63) is 23.5 Å². The molecule has 1 aliphatic carbocycles. The number of piperidine rings is 1. The lowest BCUT2D eigenvalue weighted by atomic mass is 10.1. The first-order valence-electron chi connectivity index (χ1n) is 9.22. The Morgan fingerprint density at radius 3 is 2.88 bits per heavy atom. The number of nitrogens with zero attached hydrogens (tertiary/aromatic N) is 4. The van der Waals surface area contributed by atoms with Gasteiger partial charge in [-0.25, -0.2) is 4.68 Å². The summed E-state index contributed by atoms with van der Waals surface area (Å²) < 4.78 is 1.89. The molecule has 0 unspecified atom stereocenters. The first kappa shape index (κ1) is 17.1. The number of amides is 1. The van der Waals surface area contributed by atoms with Gasteiger partial charge in [0.2, 0.25) is 0 Å². The molecule has 1 saturated carbocycles. The van der Waals surface area contributed by atoms with E-state index < -0.39 is 0 Å². The van der Waals surface area contributed by atoms with Gasteiger partial charge in [0.25, 0.3) is 5.91 Å². The molecule has 1 saturated heterocycles. The fourth-order valence-electron chi connectivity index (χ4n) is 3.72. The number of likely N-dealkylation sites (tertiary alicyclic amines) is 1. The third kappa shape index (κ3) is 4.23. The van der Waals surface area contributed by atoms with Crippen molar-refractivity contribution in [3.63, 3.8) is 0 Å². The van der Waals surface area contributed by atoms with E-state index in [-0.39, 0.29) is 5.91 Å². The second-order valence-electron chi connectivity index (χ2n) is 7.20. The Balaban J connectivity index is 1.58. The number of nitrogens with one attached hydrogen (secondary N) is 1. The van der Waals surface area contributed by atoms with E-state index in [1.807, 2.05) is 10.9 Å². The van der Waals surface area contributed by atoms with Crippen LogP contribution < -0.4 is 5.32 Å². The van der Waals surface area contributed by atoms with E-state index in [0.717, 1.165) is 45.3 Å². The summed E-state index contributed by atoms with van der Waals surface area (Å²) in [5.41, 5.74) is 1.84. The van der Waals surface area contributed by atoms with Crippen molar-refractivity contribution in [1.82, 2.24) is 25.2 Å². The van der Waals surface area contributed by atoms with Crippen LogP contribution in [-0.4, -0.2) is 51.5 Å². The standard InChI is InChI=1S/C18H29N5O/c1-3-14(2)11-22-10-6-9-16(12-22)23-13-17(20-21-23)18(24)19-15-7-4-5-8-15/h3,13,15-16H,4-12H2,1-2H3,(H,19,24)/b14-3+/t16-/m0/s1. The number of hydrogen-bond acceptors (Lipinski definition) is 4. The zero-order chi connectivity index (χ0) is 16.9. The molecule has 0 aromatic carbocycles. The van der Waals surface area contributed by atoms with E-state index in [1.54, 1.807) is 0 Å². The molecule has 1 aliphatic heterocycles. The van der Waals surface area contributed by atoms with Gasteiger partial charge in [0.05, 0.1) is 12.2 Å². The van der Waals surface area contributed by atoms with Gasteiger partial charge in [-0.3, -0.25) is 9.69 Å². The van der Waals surface area contributed by atoms with E-state index in [4.69, 9.17) is 0 Å². The minimum Gasteiger partial charge on any atom is -0.348 e. The minimum absolute atomic E-state index is 0.0782. The van der Waals surface area contributed by atoms with Crippen LogP contribution in [0.2, 0.25) is 0 Å². The van der Waals surface area contributed by atoms with Crippen LogP contribution in [0.15, 0.2) is 17.8 Å². The van der Waals surface area contributed by atoms with E-state index in [9.17, 15) is 4.79 Å². The molecule has 2 heterocycles. The van der Waals surface area contributed by atoms with Crippen LogP contribution in [0.5, 0.6) is 0 Å². The molecule has 1 aromatic rings. The highest BCUT2D eigenvalue weighted by Crippen LogP contribution is 2.22. The van der Waals surface area contributed by atoms with Gasteiger partial charge in [0.15, 0.2) is 5.69 Å². The summed E-state index contributed by atoms with van der Waals surface area (Å²) in [5, 5.41) is 11.4. The first-order chi connectivity index (χ1) is 11.7. The van der Waals surface area contributed by atoms with Crippen LogP contribution in [0.1, 0.15) is 68.9 Å². The molecular weight excluding hydrogens is 302 g/mol. The molecule has 6 heteroatoms. The Morgan fingerprint density at radius 1 is 1.33 bits per heavy atom. The summed E-state index contributed by atoms with van der Waals surface area (Å²) in [7, 11) is 0. The molecule has 1 atom stereocenters. The highest BCUT2D eigenvalue weighted by atomic mass is 16.2. The third-order valence-corrected chi connectivity index (χ3v) is 5.25. The van der Waals surface area contributed by atoms with Crippen molar-refractivity contribution in [1.29, 1.82) is 0 Å². The normalized spacial score (nSPS) is 23.6. The van der Waals surface area contributed by atoms with Crippen molar-refractivity contribution in [2.45, 2.75) is 64.5 Å². The second-order valence-corrected chi connectivity index (χ2v) is 7.20. The van der Waals surface area contributed by atoms with Gasteiger partial charge in [0, 0.05) is 19.1 Å². The van der Waals surface area contributed by atoms with Gasteiger partial charge in [0.1, 0.15) is 0 Å². The van der Waals surface area contributed by atoms with Crippen LogP contribution in [0.3, 0.4) is 0 Å². The van der Waals surface area contributed by atoms with Gasteiger partial charge in [-0.2, -0.15) is 0 Å². The molecule has 2 aliphatic rings. The summed E-state index contributed by atoms with van der Waals surface area (Å²) in [5.74, 6) is -0.0782. The lowest BCUT2D eigenvalue weighted by Crippen LogP contribution is -2.37. The SMILES string of the molecule is C/C=C(\C)CN1CCC[C@H](n2cc(C(=O)NC3CCCC3)nn2)C1. The molecule has 6 nitrogen and oxygen atoms in total. The summed E-state index contributed by atoms with van der Waals surface area (Å²) in [6.07, 6.45) is 10.8. The third-order valence-electron chi connectivity index (χ3n) is 5.25. The monoisotopic (exact) mass is 331 g/mol. The Hall–Kier alpha value is -1.69. The summed E-state index contributed by atoms with van der Waals surface area (Å²) in [4.78, 5) is 14.8. The topological polar surface area (TPSA) is 63.1 Å². The molecule has 0 radical (unpaired) electrons. The summed E-state index contributed by atoms with van der Waals surface area (Å²) in [6.45, 7) is 7.37. The van der Waals surface area contributed by atoms with Gasteiger partial charge in [-0.15, -0.1) is 5.10 Å². The van der Waals surface area contributed by atoms with Gasteiger partial charge in [-0.1, -0.05) is 29.7 Å². The van der Waals surface area contributed by atoms with Crippen molar-refractivity contribution >= 4 is 5.91 Å². The Morgan fingerprint density at radius 2 is 2.12 bits per heavy atom. The highest BCUT2D eigenvalue weighted by molar-refractivity contribution is 5.92. The fourth-order valence-corrected chi connectivity index (χ4v) is 3.72. The molecule has 2 fully saturated rings. The average molecular weight is 331 g/mol. The van der Waals surface area contributed by atoms with E-state index in [1.165, 1.54) is 18.4 Å². The molecule has 1 N–H and O–H groups in total. The van der Waals surface area contributed by atoms with E-state index in [0.29, 0.717) is 17.8 Å². The van der Waals surface area contributed by atoms with Crippen LogP contribution in [0, 0.1) is 0 Å². The molecule has 132 valence electrons. The lowest BCUT2D eigenvalue weighted by molar-refractivity contribution is 0.0932. The van der Waals surface area contributed by atoms with Crippen molar-refractivity contribution in [2.75, 3.05) is 19.6 Å². The number of carbonyl (C=O) groups excluding carboxylic acids is 1. The Bertz CT molecular complexity index is 588. The van der Waals surface area contributed by atoms with Gasteiger partial charge in [-0.05, 0) is 46.1 Å². The quantitative estimate of drug-likeness (QED) is 0.842. The average Bonchev–Trinajstić information content (AvgIpc) is 3.26.